The topological polar surface area (TPSA) is 78.9 Å². The van der Waals surface area contributed by atoms with E-state index in [1.165, 1.54) is 18.2 Å². The average Bonchev–Trinajstić information content (AvgIpc) is 2.38. The number of aromatic carboxylic acids is 1. The zero-order valence-electron chi connectivity index (χ0n) is 10.9. The van der Waals surface area contributed by atoms with Gasteiger partial charge in [-0.15, -0.1) is 0 Å². The Morgan fingerprint density at radius 1 is 1.50 bits per heavy atom. The number of carbonyl (C=O) groups is 2. The highest BCUT2D eigenvalue weighted by molar-refractivity contribution is 6.33. The summed E-state index contributed by atoms with van der Waals surface area (Å²) >= 11 is 5.86. The smallest absolute Gasteiger partial charge is 0.337 e. The first kappa shape index (κ1) is 14.6. The van der Waals surface area contributed by atoms with Gasteiger partial charge in [0, 0.05) is 12.2 Å². The molecular weight excluding hydrogens is 284 g/mol. The Kier molecular flexibility index (Phi) is 4.46. The van der Waals surface area contributed by atoms with Gasteiger partial charge < -0.3 is 20.1 Å². The second kappa shape index (κ2) is 6.11. The van der Waals surface area contributed by atoms with E-state index in [0.717, 1.165) is 0 Å². The van der Waals surface area contributed by atoms with Gasteiger partial charge in [-0.3, -0.25) is 0 Å². The van der Waals surface area contributed by atoms with Crippen LogP contribution in [0, 0.1) is 0 Å². The summed E-state index contributed by atoms with van der Waals surface area (Å²) < 4.78 is 5.27. The lowest BCUT2D eigenvalue weighted by atomic mass is 10.2. The zero-order chi connectivity index (χ0) is 14.7. The van der Waals surface area contributed by atoms with E-state index in [1.54, 1.807) is 4.90 Å². The molecule has 1 fully saturated rings. The van der Waals surface area contributed by atoms with Crippen LogP contribution in [0.15, 0.2) is 18.2 Å². The van der Waals surface area contributed by atoms with Gasteiger partial charge in [0.15, 0.2) is 0 Å². The predicted octanol–water partition coefficient (Wildman–Crippen LogP) is 2.29. The van der Waals surface area contributed by atoms with Gasteiger partial charge in [0.2, 0.25) is 0 Å². The standard InChI is InChI=1S/C13H15ClN2O4/c1-8-7-20-5-4-16(8)13(19)15-9-2-3-10(12(17)18)11(14)6-9/h2-3,6,8H,4-5,7H2,1H3,(H,15,19)(H,17,18). The molecule has 1 aromatic rings. The number of carboxylic acid groups (broad SMARTS) is 1. The van der Waals surface area contributed by atoms with E-state index in [2.05, 4.69) is 5.32 Å². The van der Waals surface area contributed by atoms with E-state index in [0.29, 0.717) is 25.4 Å². The third kappa shape index (κ3) is 3.20. The van der Waals surface area contributed by atoms with Crippen molar-refractivity contribution in [1.82, 2.24) is 4.90 Å². The normalized spacial score (nSPS) is 18.7. The summed E-state index contributed by atoms with van der Waals surface area (Å²) in [5, 5.41) is 11.7. The Morgan fingerprint density at radius 2 is 2.25 bits per heavy atom. The van der Waals surface area contributed by atoms with Crippen LogP contribution in [0.25, 0.3) is 0 Å². The van der Waals surface area contributed by atoms with Crippen molar-refractivity contribution in [2.24, 2.45) is 0 Å². The van der Waals surface area contributed by atoms with Crippen LogP contribution in [0.4, 0.5) is 10.5 Å². The van der Waals surface area contributed by atoms with Crippen molar-refractivity contribution in [2.45, 2.75) is 13.0 Å². The molecule has 1 aliphatic rings. The fourth-order valence-corrected chi connectivity index (χ4v) is 2.25. The minimum absolute atomic E-state index is 0.00230. The van der Waals surface area contributed by atoms with E-state index >= 15 is 0 Å². The lowest BCUT2D eigenvalue weighted by Gasteiger charge is -2.33. The monoisotopic (exact) mass is 298 g/mol. The lowest BCUT2D eigenvalue weighted by Crippen LogP contribution is -2.48. The maximum Gasteiger partial charge on any atom is 0.337 e. The number of nitrogens with zero attached hydrogens (tertiary/aromatic N) is 1. The van der Waals surface area contributed by atoms with Gasteiger partial charge in [-0.25, -0.2) is 9.59 Å². The molecule has 0 bridgehead atoms. The molecule has 1 saturated heterocycles. The van der Waals surface area contributed by atoms with E-state index in [-0.39, 0.29) is 22.7 Å². The molecule has 6 nitrogen and oxygen atoms in total. The maximum absolute atomic E-state index is 12.1. The van der Waals surface area contributed by atoms with E-state index in [9.17, 15) is 9.59 Å². The molecule has 0 radical (unpaired) electrons. The molecule has 1 atom stereocenters. The van der Waals surface area contributed by atoms with Crippen molar-refractivity contribution in [3.8, 4) is 0 Å². The largest absolute Gasteiger partial charge is 0.478 e. The molecular formula is C13H15ClN2O4. The summed E-state index contributed by atoms with van der Waals surface area (Å²) in [6.45, 7) is 3.44. The van der Waals surface area contributed by atoms with Crippen LogP contribution in [0.3, 0.4) is 0 Å². The van der Waals surface area contributed by atoms with Crippen LogP contribution in [-0.2, 0) is 4.74 Å². The highest BCUT2D eigenvalue weighted by Gasteiger charge is 2.23. The first-order chi connectivity index (χ1) is 9.49. The van der Waals surface area contributed by atoms with Crippen LogP contribution >= 0.6 is 11.6 Å². The van der Waals surface area contributed by atoms with Crippen LogP contribution in [0.5, 0.6) is 0 Å². The highest BCUT2D eigenvalue weighted by atomic mass is 35.5. The van der Waals surface area contributed by atoms with Crippen LogP contribution in [-0.4, -0.2) is 47.8 Å². The van der Waals surface area contributed by atoms with Crippen LogP contribution < -0.4 is 5.32 Å². The zero-order valence-corrected chi connectivity index (χ0v) is 11.7. The highest BCUT2D eigenvalue weighted by Crippen LogP contribution is 2.21. The van der Waals surface area contributed by atoms with Crippen LogP contribution in [0.1, 0.15) is 17.3 Å². The molecule has 2 amide bonds. The second-order valence-corrected chi connectivity index (χ2v) is 4.95. The Bertz CT molecular complexity index is 535. The Morgan fingerprint density at radius 3 is 2.85 bits per heavy atom. The molecule has 7 heteroatoms. The molecule has 2 rings (SSSR count). The minimum Gasteiger partial charge on any atom is -0.478 e. The Labute approximate surface area is 121 Å². The first-order valence-electron chi connectivity index (χ1n) is 6.17. The maximum atomic E-state index is 12.1. The molecule has 1 heterocycles. The minimum atomic E-state index is -1.10. The molecule has 0 aromatic heterocycles. The van der Waals surface area contributed by atoms with E-state index in [4.69, 9.17) is 21.4 Å². The van der Waals surface area contributed by atoms with Gasteiger partial charge >= 0.3 is 12.0 Å². The third-order valence-electron chi connectivity index (χ3n) is 3.08. The molecule has 1 aliphatic heterocycles. The number of amides is 2. The number of nitrogens with one attached hydrogen (secondary N) is 1. The van der Waals surface area contributed by atoms with Crippen molar-refractivity contribution >= 4 is 29.3 Å². The number of anilines is 1. The fourth-order valence-electron chi connectivity index (χ4n) is 1.99. The Hall–Kier alpha value is -1.79. The molecule has 0 saturated carbocycles. The number of benzene rings is 1. The summed E-state index contributed by atoms with van der Waals surface area (Å²) in [4.78, 5) is 24.6. The van der Waals surface area contributed by atoms with Gasteiger partial charge in [0.25, 0.3) is 0 Å². The lowest BCUT2D eigenvalue weighted by molar-refractivity contribution is 0.0222. The van der Waals surface area contributed by atoms with Gasteiger partial charge in [-0.1, -0.05) is 11.6 Å². The SMILES string of the molecule is CC1COCCN1C(=O)Nc1ccc(C(=O)O)c(Cl)c1. The molecule has 0 aliphatic carbocycles. The van der Waals surface area contributed by atoms with Crippen molar-refractivity contribution in [3.05, 3.63) is 28.8 Å². The molecule has 1 unspecified atom stereocenters. The van der Waals surface area contributed by atoms with Gasteiger partial charge in [0.1, 0.15) is 0 Å². The number of carbonyl (C=O) groups excluding carboxylic acids is 1. The summed E-state index contributed by atoms with van der Waals surface area (Å²) in [5.41, 5.74) is 0.466. The number of carboxylic acids is 1. The summed E-state index contributed by atoms with van der Waals surface area (Å²) in [7, 11) is 0. The van der Waals surface area contributed by atoms with Crippen molar-refractivity contribution in [2.75, 3.05) is 25.1 Å². The van der Waals surface area contributed by atoms with Crippen LogP contribution in [0.2, 0.25) is 5.02 Å². The predicted molar refractivity (Wildman–Crippen MR) is 74.4 cm³/mol. The summed E-state index contributed by atoms with van der Waals surface area (Å²) in [6.07, 6.45) is 0. The van der Waals surface area contributed by atoms with Crippen molar-refractivity contribution in [1.29, 1.82) is 0 Å². The Balaban J connectivity index is 2.08. The quantitative estimate of drug-likeness (QED) is 0.878. The number of morpholine rings is 1. The molecule has 20 heavy (non-hydrogen) atoms. The third-order valence-corrected chi connectivity index (χ3v) is 3.39. The van der Waals surface area contributed by atoms with E-state index in [1.807, 2.05) is 6.92 Å². The number of rotatable bonds is 2. The van der Waals surface area contributed by atoms with Gasteiger partial charge in [-0.05, 0) is 25.1 Å². The molecule has 2 N–H and O–H groups in total. The van der Waals surface area contributed by atoms with E-state index < -0.39 is 5.97 Å². The molecule has 108 valence electrons. The van der Waals surface area contributed by atoms with Gasteiger partial charge in [0.05, 0.1) is 29.8 Å². The number of urea groups is 1. The number of hydrogen-bond donors (Lipinski definition) is 2. The first-order valence-corrected chi connectivity index (χ1v) is 6.55. The van der Waals surface area contributed by atoms with Gasteiger partial charge in [-0.2, -0.15) is 0 Å². The molecule has 0 spiro atoms. The fraction of sp³-hybridized carbons (Fsp3) is 0.385. The summed E-state index contributed by atoms with van der Waals surface area (Å²) in [6, 6.07) is 4.05. The number of ether oxygens (including phenoxy) is 1. The van der Waals surface area contributed by atoms with Crippen molar-refractivity contribution < 1.29 is 19.4 Å². The summed E-state index contributed by atoms with van der Waals surface area (Å²) in [5.74, 6) is -1.10. The average molecular weight is 299 g/mol. The number of halogens is 1. The van der Waals surface area contributed by atoms with Crippen molar-refractivity contribution in [3.63, 3.8) is 0 Å². The number of hydrogen-bond acceptors (Lipinski definition) is 3. The second-order valence-electron chi connectivity index (χ2n) is 4.55. The molecule has 1 aromatic carbocycles.